The van der Waals surface area contributed by atoms with Crippen LogP contribution in [0.2, 0.25) is 4.34 Å². The van der Waals surface area contributed by atoms with E-state index in [9.17, 15) is 0 Å². The van der Waals surface area contributed by atoms with Crippen molar-refractivity contribution in [2.75, 3.05) is 0 Å². The average molecular weight is 323 g/mol. The SMILES string of the molecule is CC(C)Oc1ncccc1CNC1CCc2sc(Cl)cc21. The van der Waals surface area contributed by atoms with Gasteiger partial charge in [0.1, 0.15) is 0 Å². The molecule has 0 saturated carbocycles. The van der Waals surface area contributed by atoms with E-state index >= 15 is 0 Å². The third-order valence-corrected chi connectivity index (χ3v) is 4.92. The monoisotopic (exact) mass is 322 g/mol. The number of aromatic nitrogens is 1. The molecule has 21 heavy (non-hydrogen) atoms. The first-order chi connectivity index (χ1) is 10.1. The van der Waals surface area contributed by atoms with E-state index < -0.39 is 0 Å². The highest BCUT2D eigenvalue weighted by atomic mass is 35.5. The number of aryl methyl sites for hydroxylation is 1. The quantitative estimate of drug-likeness (QED) is 0.888. The van der Waals surface area contributed by atoms with Gasteiger partial charge in [0.05, 0.1) is 10.4 Å². The van der Waals surface area contributed by atoms with E-state index in [1.807, 2.05) is 19.9 Å². The number of fused-ring (bicyclic) bond motifs is 1. The average Bonchev–Trinajstić information content (AvgIpc) is 2.97. The van der Waals surface area contributed by atoms with Gasteiger partial charge >= 0.3 is 0 Å². The first kappa shape index (κ1) is 14.8. The van der Waals surface area contributed by atoms with Gasteiger partial charge in [0.15, 0.2) is 0 Å². The van der Waals surface area contributed by atoms with Crippen LogP contribution >= 0.6 is 22.9 Å². The standard InChI is InChI=1S/C16H19ClN2OS/c1-10(2)20-16-11(4-3-7-18-16)9-19-13-5-6-14-12(13)8-15(17)21-14/h3-4,7-8,10,13,19H,5-6,9H2,1-2H3. The van der Waals surface area contributed by atoms with E-state index in [1.54, 1.807) is 17.5 Å². The predicted octanol–water partition coefficient (Wildman–Crippen LogP) is 4.36. The number of hydrogen-bond donors (Lipinski definition) is 1. The first-order valence-corrected chi connectivity index (χ1v) is 8.45. The zero-order chi connectivity index (χ0) is 14.8. The van der Waals surface area contributed by atoms with Crippen LogP contribution in [0, 0.1) is 0 Å². The van der Waals surface area contributed by atoms with E-state index in [0.717, 1.165) is 35.2 Å². The minimum absolute atomic E-state index is 0.132. The van der Waals surface area contributed by atoms with Crippen molar-refractivity contribution >= 4 is 22.9 Å². The Morgan fingerprint density at radius 3 is 3.19 bits per heavy atom. The second-order valence-electron chi connectivity index (χ2n) is 5.54. The molecule has 1 unspecified atom stereocenters. The summed E-state index contributed by atoms with van der Waals surface area (Å²) >= 11 is 7.81. The lowest BCUT2D eigenvalue weighted by Crippen LogP contribution is -2.20. The van der Waals surface area contributed by atoms with Crippen LogP contribution in [0.1, 0.15) is 42.3 Å². The topological polar surface area (TPSA) is 34.1 Å². The summed E-state index contributed by atoms with van der Waals surface area (Å²) in [5.41, 5.74) is 2.46. The van der Waals surface area contributed by atoms with Gasteiger partial charge in [-0.3, -0.25) is 0 Å². The molecule has 0 spiro atoms. The maximum atomic E-state index is 6.10. The van der Waals surface area contributed by atoms with Gasteiger partial charge in [-0.25, -0.2) is 4.98 Å². The number of ether oxygens (including phenoxy) is 1. The highest BCUT2D eigenvalue weighted by molar-refractivity contribution is 7.16. The Balaban J connectivity index is 1.68. The van der Waals surface area contributed by atoms with Crippen LogP contribution in [0.3, 0.4) is 0 Å². The minimum Gasteiger partial charge on any atom is -0.475 e. The molecule has 3 nitrogen and oxygen atoms in total. The van der Waals surface area contributed by atoms with Crippen molar-refractivity contribution in [3.63, 3.8) is 0 Å². The summed E-state index contributed by atoms with van der Waals surface area (Å²) in [5, 5.41) is 3.61. The molecule has 0 radical (unpaired) electrons. The lowest BCUT2D eigenvalue weighted by molar-refractivity contribution is 0.229. The fourth-order valence-electron chi connectivity index (χ4n) is 2.66. The third-order valence-electron chi connectivity index (χ3n) is 3.58. The molecule has 0 bridgehead atoms. The molecule has 3 rings (SSSR count). The fraction of sp³-hybridized carbons (Fsp3) is 0.438. The van der Waals surface area contributed by atoms with Gasteiger partial charge in [0.2, 0.25) is 5.88 Å². The first-order valence-electron chi connectivity index (χ1n) is 7.25. The molecule has 0 aliphatic heterocycles. The second-order valence-corrected chi connectivity index (χ2v) is 7.30. The van der Waals surface area contributed by atoms with Crippen LogP contribution in [0.25, 0.3) is 0 Å². The molecule has 2 aromatic heterocycles. The van der Waals surface area contributed by atoms with Crippen molar-refractivity contribution < 1.29 is 4.74 Å². The van der Waals surface area contributed by atoms with Gasteiger partial charge < -0.3 is 10.1 Å². The van der Waals surface area contributed by atoms with Crippen LogP contribution in [0.15, 0.2) is 24.4 Å². The number of nitrogens with one attached hydrogen (secondary N) is 1. The number of rotatable bonds is 5. The van der Waals surface area contributed by atoms with Gasteiger partial charge in [-0.1, -0.05) is 17.7 Å². The van der Waals surface area contributed by atoms with Gasteiger partial charge in [-0.2, -0.15) is 0 Å². The summed E-state index contributed by atoms with van der Waals surface area (Å²) in [4.78, 5) is 5.75. The molecular formula is C16H19ClN2OS. The van der Waals surface area contributed by atoms with Crippen LogP contribution in [0.5, 0.6) is 5.88 Å². The van der Waals surface area contributed by atoms with Crippen molar-refractivity contribution in [2.24, 2.45) is 0 Å². The van der Waals surface area contributed by atoms with E-state index in [2.05, 4.69) is 22.4 Å². The molecular weight excluding hydrogens is 304 g/mol. The normalized spacial score (nSPS) is 17.2. The summed E-state index contributed by atoms with van der Waals surface area (Å²) in [6.45, 7) is 4.79. The van der Waals surface area contributed by atoms with Crippen LogP contribution in [-0.4, -0.2) is 11.1 Å². The molecule has 1 aliphatic carbocycles. The molecule has 2 heterocycles. The van der Waals surface area contributed by atoms with Crippen molar-refractivity contribution in [1.29, 1.82) is 0 Å². The summed E-state index contributed by atoms with van der Waals surface area (Å²) in [7, 11) is 0. The highest BCUT2D eigenvalue weighted by Crippen LogP contribution is 2.39. The largest absolute Gasteiger partial charge is 0.475 e. The Morgan fingerprint density at radius 1 is 1.52 bits per heavy atom. The maximum Gasteiger partial charge on any atom is 0.218 e. The van der Waals surface area contributed by atoms with Crippen molar-refractivity contribution in [3.05, 3.63) is 44.7 Å². The van der Waals surface area contributed by atoms with Gasteiger partial charge in [-0.15, -0.1) is 11.3 Å². The maximum absolute atomic E-state index is 6.10. The molecule has 0 amide bonds. The summed E-state index contributed by atoms with van der Waals surface area (Å²) in [5.74, 6) is 0.724. The van der Waals surface area contributed by atoms with Crippen molar-refractivity contribution in [2.45, 2.75) is 45.4 Å². The molecule has 2 aromatic rings. The number of hydrogen-bond acceptors (Lipinski definition) is 4. The van der Waals surface area contributed by atoms with Gasteiger partial charge in [0, 0.05) is 29.2 Å². The molecule has 1 atom stereocenters. The molecule has 5 heteroatoms. The number of pyridine rings is 1. The number of nitrogens with zero attached hydrogens (tertiary/aromatic N) is 1. The van der Waals surface area contributed by atoms with Crippen LogP contribution < -0.4 is 10.1 Å². The lowest BCUT2D eigenvalue weighted by atomic mass is 10.1. The third kappa shape index (κ3) is 3.39. The van der Waals surface area contributed by atoms with Crippen LogP contribution in [-0.2, 0) is 13.0 Å². The Labute approximate surface area is 134 Å². The van der Waals surface area contributed by atoms with Crippen LogP contribution in [0.4, 0.5) is 0 Å². The number of halogens is 1. The highest BCUT2D eigenvalue weighted by Gasteiger charge is 2.24. The Morgan fingerprint density at radius 2 is 2.38 bits per heavy atom. The Hall–Kier alpha value is -1.10. The molecule has 0 saturated heterocycles. The fourth-order valence-corrected chi connectivity index (χ4v) is 4.02. The molecule has 112 valence electrons. The zero-order valence-corrected chi connectivity index (χ0v) is 13.8. The van der Waals surface area contributed by atoms with Gasteiger partial charge in [0.25, 0.3) is 0 Å². The van der Waals surface area contributed by atoms with Crippen molar-refractivity contribution in [1.82, 2.24) is 10.3 Å². The molecule has 1 N–H and O–H groups in total. The molecule has 0 fully saturated rings. The van der Waals surface area contributed by atoms with E-state index in [4.69, 9.17) is 16.3 Å². The Kier molecular flexibility index (Phi) is 4.48. The summed E-state index contributed by atoms with van der Waals surface area (Å²) in [6.07, 6.45) is 4.16. The minimum atomic E-state index is 0.132. The van der Waals surface area contributed by atoms with E-state index in [-0.39, 0.29) is 6.10 Å². The molecule has 1 aliphatic rings. The van der Waals surface area contributed by atoms with E-state index in [1.165, 1.54) is 10.4 Å². The Bertz CT molecular complexity index is 626. The summed E-state index contributed by atoms with van der Waals surface area (Å²) in [6, 6.07) is 6.50. The summed E-state index contributed by atoms with van der Waals surface area (Å²) < 4.78 is 6.65. The predicted molar refractivity (Wildman–Crippen MR) is 87.2 cm³/mol. The number of thiophene rings is 1. The van der Waals surface area contributed by atoms with Crippen molar-refractivity contribution in [3.8, 4) is 5.88 Å². The van der Waals surface area contributed by atoms with Gasteiger partial charge in [-0.05, 0) is 44.4 Å². The smallest absolute Gasteiger partial charge is 0.218 e. The molecule has 0 aromatic carbocycles. The lowest BCUT2D eigenvalue weighted by Gasteiger charge is -2.16. The zero-order valence-electron chi connectivity index (χ0n) is 12.2. The second kappa shape index (κ2) is 6.34. The van der Waals surface area contributed by atoms with E-state index in [0.29, 0.717) is 6.04 Å².